The smallest absolute Gasteiger partial charge is 0.308 e. The molecule has 3 N–H and O–H groups in total. The van der Waals surface area contributed by atoms with Gasteiger partial charge in [-0.2, -0.15) is 0 Å². The van der Waals surface area contributed by atoms with Crippen LogP contribution >= 0.6 is 0 Å². The zero-order chi connectivity index (χ0) is 10.6. The molecule has 0 fully saturated rings. The molecule has 0 bridgehead atoms. The number of aromatic amines is 1. The van der Waals surface area contributed by atoms with Gasteiger partial charge in [0.25, 0.3) is 0 Å². The van der Waals surface area contributed by atoms with Crippen LogP contribution in [0.3, 0.4) is 0 Å². The number of rotatable bonds is 4. The Morgan fingerprint density at radius 1 is 1.71 bits per heavy atom. The lowest BCUT2D eigenvalue weighted by molar-refractivity contribution is -0.144. The number of esters is 1. The maximum absolute atomic E-state index is 10.8. The molecule has 1 aromatic rings. The van der Waals surface area contributed by atoms with Crippen LogP contribution < -0.4 is 0 Å². The van der Waals surface area contributed by atoms with Crippen LogP contribution in [0.4, 0.5) is 0 Å². The Balaban J connectivity index is 2.53. The van der Waals surface area contributed by atoms with E-state index in [-0.39, 0.29) is 12.2 Å². The third kappa shape index (κ3) is 2.54. The Kier molecular flexibility index (Phi) is 3.61. The van der Waals surface area contributed by atoms with Crippen LogP contribution in [-0.2, 0) is 9.53 Å². The molecule has 0 radical (unpaired) electrons. The van der Waals surface area contributed by atoms with Crippen molar-refractivity contribution in [3.05, 3.63) is 18.2 Å². The highest BCUT2D eigenvalue weighted by Gasteiger charge is 2.23. The monoisotopic (exact) mass is 200 g/mol. The second-order valence-electron chi connectivity index (χ2n) is 2.77. The first-order chi connectivity index (χ1) is 6.65. The second kappa shape index (κ2) is 4.73. The number of aliphatic hydroxyl groups is 2. The predicted octanol–water partition coefficient (Wildman–Crippen LogP) is -0.633. The van der Waals surface area contributed by atoms with Crippen LogP contribution in [0.15, 0.2) is 12.4 Å². The minimum Gasteiger partial charge on any atom is -0.469 e. The van der Waals surface area contributed by atoms with Crippen LogP contribution in [0, 0.1) is 0 Å². The molecule has 1 heterocycles. The molecule has 0 amide bonds. The highest BCUT2D eigenvalue weighted by atomic mass is 16.5. The summed E-state index contributed by atoms with van der Waals surface area (Å²) in [6.45, 7) is 0. The second-order valence-corrected chi connectivity index (χ2v) is 2.77. The van der Waals surface area contributed by atoms with Crippen LogP contribution in [-0.4, -0.2) is 39.4 Å². The number of nitrogens with zero attached hydrogens (tertiary/aromatic N) is 1. The molecule has 0 saturated heterocycles. The summed E-state index contributed by atoms with van der Waals surface area (Å²) < 4.78 is 4.35. The van der Waals surface area contributed by atoms with Gasteiger partial charge in [0.15, 0.2) is 0 Å². The molecule has 78 valence electrons. The Bertz CT molecular complexity index is 286. The van der Waals surface area contributed by atoms with E-state index in [9.17, 15) is 15.0 Å². The van der Waals surface area contributed by atoms with E-state index in [1.165, 1.54) is 19.5 Å². The van der Waals surface area contributed by atoms with Gasteiger partial charge in [-0.05, 0) is 0 Å². The summed E-state index contributed by atoms with van der Waals surface area (Å²) in [6.07, 6.45) is 0.281. The van der Waals surface area contributed by atoms with Crippen molar-refractivity contribution in [1.29, 1.82) is 0 Å². The molecule has 6 nitrogen and oxygen atoms in total. The zero-order valence-corrected chi connectivity index (χ0v) is 7.67. The van der Waals surface area contributed by atoms with E-state index in [0.29, 0.717) is 0 Å². The lowest BCUT2D eigenvalue weighted by atomic mass is 10.1. The summed E-state index contributed by atoms with van der Waals surface area (Å²) in [5.41, 5.74) is 0. The first-order valence-corrected chi connectivity index (χ1v) is 4.07. The number of aliphatic hydroxyl groups excluding tert-OH is 2. The van der Waals surface area contributed by atoms with E-state index in [4.69, 9.17) is 0 Å². The van der Waals surface area contributed by atoms with Crippen molar-refractivity contribution in [2.75, 3.05) is 7.11 Å². The number of H-pyrrole nitrogens is 1. The molecule has 0 aliphatic heterocycles. The van der Waals surface area contributed by atoms with Gasteiger partial charge in [-0.1, -0.05) is 0 Å². The molecule has 0 aliphatic rings. The van der Waals surface area contributed by atoms with Gasteiger partial charge in [-0.25, -0.2) is 4.98 Å². The minimum absolute atomic E-state index is 0.224. The Labute approximate surface area is 80.5 Å². The molecule has 1 rings (SSSR count). The van der Waals surface area contributed by atoms with Crippen LogP contribution in [0.5, 0.6) is 0 Å². The fourth-order valence-corrected chi connectivity index (χ4v) is 0.987. The van der Waals surface area contributed by atoms with E-state index in [1.807, 2.05) is 0 Å². The van der Waals surface area contributed by atoms with E-state index < -0.39 is 18.2 Å². The quantitative estimate of drug-likeness (QED) is 0.562. The molecule has 6 heteroatoms. The van der Waals surface area contributed by atoms with Crippen molar-refractivity contribution >= 4 is 5.97 Å². The SMILES string of the molecule is COC(=O)CC(O)C(O)c1ncc[nH]1. The third-order valence-electron chi connectivity index (χ3n) is 1.77. The number of nitrogens with one attached hydrogen (secondary N) is 1. The summed E-state index contributed by atoms with van der Waals surface area (Å²) in [4.78, 5) is 17.2. The largest absolute Gasteiger partial charge is 0.469 e. The molecular formula is C8H12N2O4. The molecule has 0 aliphatic carbocycles. The lowest BCUT2D eigenvalue weighted by Gasteiger charge is -2.14. The van der Waals surface area contributed by atoms with E-state index in [0.717, 1.165) is 0 Å². The number of hydrogen-bond acceptors (Lipinski definition) is 5. The number of methoxy groups -OCH3 is 1. The summed E-state index contributed by atoms with van der Waals surface area (Å²) in [7, 11) is 1.22. The molecule has 0 saturated carbocycles. The van der Waals surface area contributed by atoms with Crippen LogP contribution in [0.1, 0.15) is 18.3 Å². The number of aromatic nitrogens is 2. The average Bonchev–Trinajstić information content (AvgIpc) is 2.69. The fraction of sp³-hybridized carbons (Fsp3) is 0.500. The number of hydrogen-bond donors (Lipinski definition) is 3. The van der Waals surface area contributed by atoms with Crippen molar-refractivity contribution in [1.82, 2.24) is 9.97 Å². The molecule has 0 spiro atoms. The van der Waals surface area contributed by atoms with E-state index >= 15 is 0 Å². The highest BCUT2D eigenvalue weighted by molar-refractivity contribution is 5.69. The Hall–Kier alpha value is -1.40. The van der Waals surface area contributed by atoms with Gasteiger partial charge in [0.05, 0.1) is 19.6 Å². The normalized spacial score (nSPS) is 14.8. The Morgan fingerprint density at radius 3 is 2.93 bits per heavy atom. The van der Waals surface area contributed by atoms with Gasteiger partial charge in [0.2, 0.25) is 0 Å². The average molecular weight is 200 g/mol. The van der Waals surface area contributed by atoms with Crippen molar-refractivity contribution < 1.29 is 19.7 Å². The molecule has 2 unspecified atom stereocenters. The van der Waals surface area contributed by atoms with Gasteiger partial charge < -0.3 is 19.9 Å². The number of imidazole rings is 1. The van der Waals surface area contributed by atoms with Crippen molar-refractivity contribution in [3.8, 4) is 0 Å². The van der Waals surface area contributed by atoms with Gasteiger partial charge >= 0.3 is 5.97 Å². The number of carbonyl (C=O) groups is 1. The maximum Gasteiger partial charge on any atom is 0.308 e. The van der Waals surface area contributed by atoms with Crippen LogP contribution in [0.2, 0.25) is 0 Å². The first-order valence-electron chi connectivity index (χ1n) is 4.07. The van der Waals surface area contributed by atoms with Gasteiger partial charge in [-0.15, -0.1) is 0 Å². The molecule has 2 atom stereocenters. The van der Waals surface area contributed by atoms with Gasteiger partial charge in [-0.3, -0.25) is 4.79 Å². The number of ether oxygens (including phenoxy) is 1. The lowest BCUT2D eigenvalue weighted by Crippen LogP contribution is -2.23. The van der Waals surface area contributed by atoms with Crippen molar-refractivity contribution in [3.63, 3.8) is 0 Å². The molecular weight excluding hydrogens is 188 g/mol. The van der Waals surface area contributed by atoms with Crippen LogP contribution in [0.25, 0.3) is 0 Å². The van der Waals surface area contributed by atoms with E-state index in [2.05, 4.69) is 14.7 Å². The zero-order valence-electron chi connectivity index (χ0n) is 7.67. The summed E-state index contributed by atoms with van der Waals surface area (Å²) in [6, 6.07) is 0. The number of carbonyl (C=O) groups excluding carboxylic acids is 1. The fourth-order valence-electron chi connectivity index (χ4n) is 0.987. The summed E-state index contributed by atoms with van der Waals surface area (Å²) in [5, 5.41) is 18.9. The highest BCUT2D eigenvalue weighted by Crippen LogP contribution is 2.14. The van der Waals surface area contributed by atoms with Crippen molar-refractivity contribution in [2.45, 2.75) is 18.6 Å². The molecule has 0 aromatic carbocycles. The predicted molar refractivity (Wildman–Crippen MR) is 46.2 cm³/mol. The minimum atomic E-state index is -1.21. The topological polar surface area (TPSA) is 95.4 Å². The van der Waals surface area contributed by atoms with Crippen molar-refractivity contribution in [2.24, 2.45) is 0 Å². The van der Waals surface area contributed by atoms with E-state index in [1.54, 1.807) is 0 Å². The maximum atomic E-state index is 10.8. The Morgan fingerprint density at radius 2 is 2.43 bits per heavy atom. The first kappa shape index (κ1) is 10.7. The summed E-state index contributed by atoms with van der Waals surface area (Å²) >= 11 is 0. The summed E-state index contributed by atoms with van der Waals surface area (Å²) in [5.74, 6) is -0.357. The standard InChI is InChI=1S/C8H12N2O4/c1-14-6(12)4-5(11)7(13)8-9-2-3-10-8/h2-3,5,7,11,13H,4H2,1H3,(H,9,10). The molecule has 14 heavy (non-hydrogen) atoms. The van der Waals surface area contributed by atoms with Gasteiger partial charge in [0, 0.05) is 12.4 Å². The van der Waals surface area contributed by atoms with Gasteiger partial charge in [0.1, 0.15) is 11.9 Å². The third-order valence-corrected chi connectivity index (χ3v) is 1.77. The molecule has 1 aromatic heterocycles.